The maximum Gasteiger partial charge on any atom is 0.255 e. The third-order valence-electron chi connectivity index (χ3n) is 2.66. The molecule has 4 nitrogen and oxygen atoms in total. The highest BCUT2D eigenvalue weighted by Gasteiger charge is 2.22. The summed E-state index contributed by atoms with van der Waals surface area (Å²) in [5.41, 5.74) is 0.513. The van der Waals surface area contributed by atoms with Gasteiger partial charge in [-0.15, -0.1) is 0 Å². The third-order valence-corrected chi connectivity index (χ3v) is 2.88. The molecular weight excluding hydrogens is 228 g/mol. The second kappa shape index (κ2) is 4.80. The van der Waals surface area contributed by atoms with Crippen molar-refractivity contribution in [3.8, 4) is 0 Å². The number of rotatable bonds is 1. The first-order valence-corrected chi connectivity index (χ1v) is 5.63. The van der Waals surface area contributed by atoms with Crippen molar-refractivity contribution < 1.29 is 9.90 Å². The van der Waals surface area contributed by atoms with Crippen molar-refractivity contribution >= 4 is 17.5 Å². The molecule has 5 heteroatoms. The molecule has 1 N–H and O–H groups in total. The van der Waals surface area contributed by atoms with Gasteiger partial charge in [0.05, 0.1) is 11.7 Å². The molecule has 1 aromatic rings. The summed E-state index contributed by atoms with van der Waals surface area (Å²) in [6.45, 7) is 1.10. The van der Waals surface area contributed by atoms with Crippen molar-refractivity contribution in [2.75, 3.05) is 13.1 Å². The molecule has 1 atom stereocenters. The van der Waals surface area contributed by atoms with Crippen LogP contribution in [0.2, 0.25) is 5.15 Å². The summed E-state index contributed by atoms with van der Waals surface area (Å²) in [5.74, 6) is -0.0945. The van der Waals surface area contributed by atoms with E-state index >= 15 is 0 Å². The Labute approximate surface area is 98.9 Å². The minimum Gasteiger partial charge on any atom is -0.391 e. The summed E-state index contributed by atoms with van der Waals surface area (Å²) in [7, 11) is 0. The predicted molar refractivity (Wildman–Crippen MR) is 60.4 cm³/mol. The zero-order chi connectivity index (χ0) is 11.5. The number of piperidine rings is 1. The van der Waals surface area contributed by atoms with Gasteiger partial charge in [-0.25, -0.2) is 4.98 Å². The van der Waals surface area contributed by atoms with Crippen LogP contribution in [0.25, 0.3) is 0 Å². The van der Waals surface area contributed by atoms with E-state index in [1.165, 1.54) is 6.20 Å². The fourth-order valence-corrected chi connectivity index (χ4v) is 1.94. The van der Waals surface area contributed by atoms with Crippen LogP contribution in [0.5, 0.6) is 0 Å². The molecule has 1 aliphatic heterocycles. The van der Waals surface area contributed by atoms with Crippen LogP contribution in [-0.2, 0) is 0 Å². The van der Waals surface area contributed by atoms with Crippen LogP contribution in [0, 0.1) is 0 Å². The number of hydrogen-bond acceptors (Lipinski definition) is 3. The Morgan fingerprint density at radius 1 is 1.56 bits per heavy atom. The molecule has 1 amide bonds. The summed E-state index contributed by atoms with van der Waals surface area (Å²) in [4.78, 5) is 17.5. The van der Waals surface area contributed by atoms with E-state index in [0.29, 0.717) is 23.8 Å². The van der Waals surface area contributed by atoms with Gasteiger partial charge < -0.3 is 10.0 Å². The smallest absolute Gasteiger partial charge is 0.255 e. The minimum atomic E-state index is -0.405. The van der Waals surface area contributed by atoms with Crippen LogP contribution < -0.4 is 0 Å². The molecule has 16 heavy (non-hydrogen) atoms. The second-order valence-electron chi connectivity index (χ2n) is 3.92. The largest absolute Gasteiger partial charge is 0.391 e. The molecule has 1 saturated heterocycles. The monoisotopic (exact) mass is 240 g/mol. The van der Waals surface area contributed by atoms with Crippen molar-refractivity contribution in [1.29, 1.82) is 0 Å². The van der Waals surface area contributed by atoms with Gasteiger partial charge in [-0.3, -0.25) is 4.79 Å². The summed E-state index contributed by atoms with van der Waals surface area (Å²) >= 11 is 5.65. The number of likely N-dealkylation sites (tertiary alicyclic amines) is 1. The molecule has 0 saturated carbocycles. The standard InChI is InChI=1S/C11H13ClN2O2/c12-10-4-3-8(6-13-10)11(16)14-5-1-2-9(15)7-14/h3-4,6,9,15H,1-2,5,7H2/t9-/m0/s1. The molecule has 2 rings (SSSR count). The van der Waals surface area contributed by atoms with Gasteiger partial charge in [-0.2, -0.15) is 0 Å². The van der Waals surface area contributed by atoms with Gasteiger partial charge >= 0.3 is 0 Å². The van der Waals surface area contributed by atoms with E-state index in [1.54, 1.807) is 17.0 Å². The van der Waals surface area contributed by atoms with E-state index in [0.717, 1.165) is 12.8 Å². The fourth-order valence-electron chi connectivity index (χ4n) is 1.82. The normalized spacial score (nSPS) is 20.9. The molecule has 1 aliphatic rings. The van der Waals surface area contributed by atoms with E-state index in [1.807, 2.05) is 0 Å². The molecule has 0 spiro atoms. The molecule has 0 radical (unpaired) electrons. The van der Waals surface area contributed by atoms with Crippen LogP contribution in [-0.4, -0.2) is 40.1 Å². The lowest BCUT2D eigenvalue weighted by atomic mass is 10.1. The Morgan fingerprint density at radius 3 is 3.00 bits per heavy atom. The number of carbonyl (C=O) groups excluding carboxylic acids is 1. The van der Waals surface area contributed by atoms with Gasteiger partial charge in [-0.05, 0) is 25.0 Å². The van der Waals surface area contributed by atoms with E-state index in [4.69, 9.17) is 11.6 Å². The number of hydrogen-bond donors (Lipinski definition) is 1. The van der Waals surface area contributed by atoms with Crippen molar-refractivity contribution in [3.05, 3.63) is 29.0 Å². The second-order valence-corrected chi connectivity index (χ2v) is 4.30. The van der Waals surface area contributed by atoms with Crippen molar-refractivity contribution in [2.24, 2.45) is 0 Å². The quantitative estimate of drug-likeness (QED) is 0.754. The predicted octanol–water partition coefficient (Wildman–Crippen LogP) is 1.33. The number of nitrogens with zero attached hydrogens (tertiary/aromatic N) is 2. The number of aromatic nitrogens is 1. The number of aliphatic hydroxyl groups is 1. The molecule has 0 aromatic carbocycles. The summed E-state index contributed by atoms with van der Waals surface area (Å²) in [6, 6.07) is 3.24. The molecule has 86 valence electrons. The van der Waals surface area contributed by atoms with Gasteiger partial charge in [0.2, 0.25) is 0 Å². The number of amides is 1. The summed E-state index contributed by atoms with van der Waals surface area (Å²) in [5, 5.41) is 9.86. The number of β-amino-alcohol motifs (C(OH)–C–C–N with tert-alkyl or cyclic N) is 1. The lowest BCUT2D eigenvalue weighted by Crippen LogP contribution is -2.42. The van der Waals surface area contributed by atoms with Crippen molar-refractivity contribution in [3.63, 3.8) is 0 Å². The molecular formula is C11H13ClN2O2. The molecule has 1 fully saturated rings. The highest BCUT2D eigenvalue weighted by atomic mass is 35.5. The lowest BCUT2D eigenvalue weighted by molar-refractivity contribution is 0.0473. The third kappa shape index (κ3) is 2.51. The van der Waals surface area contributed by atoms with Crippen LogP contribution in [0.1, 0.15) is 23.2 Å². The number of pyridine rings is 1. The topological polar surface area (TPSA) is 53.4 Å². The Hall–Kier alpha value is -1.13. The van der Waals surface area contributed by atoms with E-state index in [-0.39, 0.29) is 5.91 Å². The molecule has 0 aliphatic carbocycles. The first-order chi connectivity index (χ1) is 7.66. The highest BCUT2D eigenvalue weighted by Crippen LogP contribution is 2.14. The van der Waals surface area contributed by atoms with Crippen LogP contribution >= 0.6 is 11.6 Å². The van der Waals surface area contributed by atoms with Gasteiger partial charge in [-0.1, -0.05) is 11.6 Å². The maximum atomic E-state index is 12.0. The zero-order valence-corrected chi connectivity index (χ0v) is 9.52. The van der Waals surface area contributed by atoms with Crippen molar-refractivity contribution in [2.45, 2.75) is 18.9 Å². The Morgan fingerprint density at radius 2 is 2.38 bits per heavy atom. The summed E-state index contributed by atoms with van der Waals surface area (Å²) < 4.78 is 0. The van der Waals surface area contributed by atoms with Crippen LogP contribution in [0.15, 0.2) is 18.3 Å². The first-order valence-electron chi connectivity index (χ1n) is 5.26. The highest BCUT2D eigenvalue weighted by molar-refractivity contribution is 6.29. The molecule has 0 unspecified atom stereocenters. The number of aliphatic hydroxyl groups excluding tert-OH is 1. The lowest BCUT2D eigenvalue weighted by Gasteiger charge is -2.30. The first kappa shape index (κ1) is 11.4. The average molecular weight is 241 g/mol. The summed E-state index contributed by atoms with van der Waals surface area (Å²) in [6.07, 6.45) is 2.67. The van der Waals surface area contributed by atoms with E-state index in [2.05, 4.69) is 4.98 Å². The number of halogens is 1. The average Bonchev–Trinajstić information content (AvgIpc) is 2.29. The van der Waals surface area contributed by atoms with Crippen molar-refractivity contribution in [1.82, 2.24) is 9.88 Å². The molecule has 1 aromatic heterocycles. The van der Waals surface area contributed by atoms with Gasteiger partial charge in [0.25, 0.3) is 5.91 Å². The molecule has 2 heterocycles. The Bertz CT molecular complexity index is 380. The SMILES string of the molecule is O=C(c1ccc(Cl)nc1)N1CCC[C@H](O)C1. The zero-order valence-electron chi connectivity index (χ0n) is 8.77. The van der Waals surface area contributed by atoms with Crippen LogP contribution in [0.4, 0.5) is 0 Å². The van der Waals surface area contributed by atoms with Crippen LogP contribution in [0.3, 0.4) is 0 Å². The Balaban J connectivity index is 2.09. The van der Waals surface area contributed by atoms with Gasteiger partial charge in [0.15, 0.2) is 0 Å². The van der Waals surface area contributed by atoms with E-state index < -0.39 is 6.10 Å². The maximum absolute atomic E-state index is 12.0. The van der Waals surface area contributed by atoms with Gasteiger partial charge in [0.1, 0.15) is 5.15 Å². The number of carbonyl (C=O) groups is 1. The minimum absolute atomic E-state index is 0.0945. The van der Waals surface area contributed by atoms with Gasteiger partial charge in [0, 0.05) is 19.3 Å². The van der Waals surface area contributed by atoms with E-state index in [9.17, 15) is 9.90 Å². The Kier molecular flexibility index (Phi) is 3.41. The molecule has 0 bridgehead atoms. The fraction of sp³-hybridized carbons (Fsp3) is 0.455.